The third-order valence-corrected chi connectivity index (χ3v) is 3.63. The molecule has 0 aliphatic rings. The zero-order valence-electron chi connectivity index (χ0n) is 13.8. The molecular formula is C17H20N3O4S-. The van der Waals surface area contributed by atoms with Gasteiger partial charge in [-0.1, -0.05) is 13.3 Å². The number of benzene rings is 2. The van der Waals surface area contributed by atoms with Crippen LogP contribution in [0.1, 0.15) is 19.8 Å². The molecule has 25 heavy (non-hydrogen) atoms. The van der Waals surface area contributed by atoms with Crippen molar-refractivity contribution < 1.29 is 18.3 Å². The van der Waals surface area contributed by atoms with E-state index >= 15 is 0 Å². The topological polar surface area (TPSA) is 103 Å². The predicted molar refractivity (Wildman–Crippen MR) is 98.5 cm³/mol. The van der Waals surface area contributed by atoms with E-state index in [1.54, 1.807) is 48.5 Å². The third-order valence-electron chi connectivity index (χ3n) is 3.22. The average molecular weight is 362 g/mol. The van der Waals surface area contributed by atoms with E-state index in [0.29, 0.717) is 23.7 Å². The number of hydrogen-bond donors (Lipinski definition) is 3. The lowest BCUT2D eigenvalue weighted by atomic mass is 10.3. The molecule has 0 spiro atoms. The number of ether oxygens (including phenoxy) is 1. The second kappa shape index (κ2) is 9.65. The number of nitrogens with one attached hydrogen (secondary N) is 3. The predicted octanol–water partition coefficient (Wildman–Crippen LogP) is 3.72. The smallest absolute Gasteiger partial charge is 0.323 e. The Labute approximate surface area is 149 Å². The van der Waals surface area contributed by atoms with Crippen molar-refractivity contribution in [2.45, 2.75) is 19.8 Å². The second-order valence-electron chi connectivity index (χ2n) is 5.22. The maximum Gasteiger partial charge on any atom is 0.323 e. The molecule has 1 atom stereocenters. The summed E-state index contributed by atoms with van der Waals surface area (Å²) in [6.07, 6.45) is 2.08. The summed E-state index contributed by atoms with van der Waals surface area (Å²) in [5.74, 6) is 0.762. The molecule has 2 rings (SSSR count). The first-order chi connectivity index (χ1) is 12.1. The van der Waals surface area contributed by atoms with Crippen LogP contribution in [0.4, 0.5) is 21.9 Å². The standard InChI is InChI=1S/C17H21N3O4S/c1-2-3-12-24-16-10-8-14(9-11-16)19-17(21)18-13-4-6-15(7-5-13)20-25(22)23/h4-11,20H,2-3,12H2,1H3,(H,22,23)(H2,18,19,21)/p-1. The van der Waals surface area contributed by atoms with E-state index in [0.717, 1.165) is 18.6 Å². The Balaban J connectivity index is 1.84. The SMILES string of the molecule is CCCCOc1ccc(NC(=O)Nc2ccc(NS(=O)[O-])cc2)cc1. The van der Waals surface area contributed by atoms with E-state index < -0.39 is 17.3 Å². The fourth-order valence-corrected chi connectivity index (χ4v) is 2.31. The monoisotopic (exact) mass is 362 g/mol. The molecule has 0 saturated heterocycles. The van der Waals surface area contributed by atoms with Gasteiger partial charge in [0.2, 0.25) is 0 Å². The van der Waals surface area contributed by atoms with Gasteiger partial charge in [-0.3, -0.25) is 4.21 Å². The van der Waals surface area contributed by atoms with Gasteiger partial charge >= 0.3 is 6.03 Å². The minimum Gasteiger partial charge on any atom is -0.755 e. The van der Waals surface area contributed by atoms with Crippen LogP contribution in [0.25, 0.3) is 0 Å². The van der Waals surface area contributed by atoms with E-state index in [9.17, 15) is 13.6 Å². The Morgan fingerprint density at radius 3 is 2.04 bits per heavy atom. The molecule has 0 radical (unpaired) electrons. The molecule has 2 amide bonds. The maximum absolute atomic E-state index is 12.0. The highest BCUT2D eigenvalue weighted by Gasteiger charge is 2.03. The lowest BCUT2D eigenvalue weighted by Gasteiger charge is -2.11. The van der Waals surface area contributed by atoms with Crippen LogP contribution in [0.3, 0.4) is 0 Å². The van der Waals surface area contributed by atoms with Gasteiger partial charge in [0.15, 0.2) is 0 Å². The number of amides is 2. The van der Waals surface area contributed by atoms with E-state index in [2.05, 4.69) is 22.3 Å². The van der Waals surface area contributed by atoms with Gasteiger partial charge in [-0.2, -0.15) is 0 Å². The van der Waals surface area contributed by atoms with Crippen molar-refractivity contribution in [3.8, 4) is 5.75 Å². The number of unbranched alkanes of at least 4 members (excludes halogenated alkanes) is 1. The molecule has 0 aromatic heterocycles. The van der Waals surface area contributed by atoms with Crippen LogP contribution >= 0.6 is 0 Å². The summed E-state index contributed by atoms with van der Waals surface area (Å²) in [5.41, 5.74) is 1.59. The highest BCUT2D eigenvalue weighted by atomic mass is 32.2. The minimum atomic E-state index is -2.38. The molecule has 0 heterocycles. The molecule has 0 fully saturated rings. The number of rotatable bonds is 8. The van der Waals surface area contributed by atoms with Crippen LogP contribution in [0.15, 0.2) is 48.5 Å². The van der Waals surface area contributed by atoms with Crippen molar-refractivity contribution in [3.05, 3.63) is 48.5 Å². The van der Waals surface area contributed by atoms with Crippen LogP contribution in [-0.2, 0) is 11.3 Å². The Morgan fingerprint density at radius 2 is 1.52 bits per heavy atom. The van der Waals surface area contributed by atoms with Gasteiger partial charge in [-0.05, 0) is 55.0 Å². The molecular weight excluding hydrogens is 342 g/mol. The van der Waals surface area contributed by atoms with Gasteiger partial charge in [0.05, 0.1) is 6.61 Å². The van der Waals surface area contributed by atoms with E-state index in [4.69, 9.17) is 4.74 Å². The molecule has 7 nitrogen and oxygen atoms in total. The van der Waals surface area contributed by atoms with Crippen molar-refractivity contribution in [2.75, 3.05) is 22.0 Å². The minimum absolute atomic E-state index is 0.396. The Morgan fingerprint density at radius 1 is 1.00 bits per heavy atom. The maximum atomic E-state index is 12.0. The van der Waals surface area contributed by atoms with Gasteiger partial charge in [0.25, 0.3) is 0 Å². The first-order valence-electron chi connectivity index (χ1n) is 7.83. The fraction of sp³-hybridized carbons (Fsp3) is 0.235. The number of anilines is 3. The molecule has 2 aromatic carbocycles. The molecule has 134 valence electrons. The summed E-state index contributed by atoms with van der Waals surface area (Å²) in [6.45, 7) is 2.78. The van der Waals surface area contributed by atoms with Gasteiger partial charge in [-0.25, -0.2) is 4.79 Å². The average Bonchev–Trinajstić information content (AvgIpc) is 2.58. The zero-order chi connectivity index (χ0) is 18.1. The van der Waals surface area contributed by atoms with Crippen LogP contribution in [-0.4, -0.2) is 21.4 Å². The summed E-state index contributed by atoms with van der Waals surface area (Å²) in [7, 11) is 0. The van der Waals surface area contributed by atoms with E-state index in [1.807, 2.05) is 0 Å². The Kier molecular flexibility index (Phi) is 7.24. The first kappa shape index (κ1) is 18.8. The lowest BCUT2D eigenvalue weighted by Crippen LogP contribution is -2.19. The fourth-order valence-electron chi connectivity index (χ4n) is 1.98. The molecule has 0 bridgehead atoms. The van der Waals surface area contributed by atoms with Gasteiger partial charge in [-0.15, -0.1) is 0 Å². The number of hydrogen-bond acceptors (Lipinski definition) is 4. The highest BCUT2D eigenvalue weighted by molar-refractivity contribution is 7.80. The van der Waals surface area contributed by atoms with Crippen molar-refractivity contribution in [3.63, 3.8) is 0 Å². The molecule has 1 unspecified atom stereocenters. The molecule has 0 saturated carbocycles. The number of carbonyl (C=O) groups excluding carboxylic acids is 1. The van der Waals surface area contributed by atoms with E-state index in [1.165, 1.54) is 0 Å². The van der Waals surface area contributed by atoms with Crippen molar-refractivity contribution in [2.24, 2.45) is 0 Å². The van der Waals surface area contributed by atoms with E-state index in [-0.39, 0.29) is 0 Å². The zero-order valence-corrected chi connectivity index (χ0v) is 14.6. The summed E-state index contributed by atoms with van der Waals surface area (Å²) < 4.78 is 28.9. The van der Waals surface area contributed by atoms with Crippen LogP contribution in [0.2, 0.25) is 0 Å². The van der Waals surface area contributed by atoms with Crippen molar-refractivity contribution in [1.82, 2.24) is 0 Å². The molecule has 8 heteroatoms. The molecule has 2 aromatic rings. The Bertz CT molecular complexity index is 705. The first-order valence-corrected chi connectivity index (χ1v) is 8.91. The number of carbonyl (C=O) groups is 1. The summed E-state index contributed by atoms with van der Waals surface area (Å²) in [5, 5.41) is 5.38. The summed E-state index contributed by atoms with van der Waals surface area (Å²) in [4.78, 5) is 12.0. The number of urea groups is 1. The molecule has 0 aliphatic carbocycles. The van der Waals surface area contributed by atoms with Crippen LogP contribution in [0, 0.1) is 0 Å². The summed E-state index contributed by atoms with van der Waals surface area (Å²) >= 11 is -2.38. The van der Waals surface area contributed by atoms with Crippen molar-refractivity contribution in [1.29, 1.82) is 0 Å². The lowest BCUT2D eigenvalue weighted by molar-refractivity contribution is 0.262. The van der Waals surface area contributed by atoms with Gasteiger partial charge in [0.1, 0.15) is 5.75 Å². The summed E-state index contributed by atoms with van der Waals surface area (Å²) in [6, 6.07) is 13.0. The highest BCUT2D eigenvalue weighted by Crippen LogP contribution is 2.17. The Hall–Kier alpha value is -2.58. The van der Waals surface area contributed by atoms with Gasteiger partial charge < -0.3 is 24.6 Å². The normalized spacial score (nSPS) is 11.4. The second-order valence-corrected chi connectivity index (χ2v) is 5.89. The molecule has 0 aliphatic heterocycles. The molecule has 3 N–H and O–H groups in total. The van der Waals surface area contributed by atoms with Crippen LogP contribution in [0.5, 0.6) is 5.75 Å². The van der Waals surface area contributed by atoms with Crippen LogP contribution < -0.4 is 20.1 Å². The largest absolute Gasteiger partial charge is 0.755 e. The van der Waals surface area contributed by atoms with Gasteiger partial charge in [0, 0.05) is 28.3 Å². The third kappa shape index (κ3) is 6.82. The van der Waals surface area contributed by atoms with Crippen molar-refractivity contribution >= 4 is 34.4 Å². The quantitative estimate of drug-likeness (QED) is 0.492.